The van der Waals surface area contributed by atoms with Gasteiger partial charge in [0.2, 0.25) is 0 Å². The van der Waals surface area contributed by atoms with Crippen LogP contribution < -0.4 is 14.9 Å². The molecule has 1 N–H and O–H groups in total. The van der Waals surface area contributed by atoms with Gasteiger partial charge in [-0.3, -0.25) is 15.5 Å². The topological polar surface area (TPSA) is 86.0 Å². The normalized spacial score (nSPS) is 10.7. The Labute approximate surface area is 175 Å². The van der Waals surface area contributed by atoms with Gasteiger partial charge in [-0.05, 0) is 54.8 Å². The van der Waals surface area contributed by atoms with Crippen LogP contribution in [0.2, 0.25) is 0 Å². The molecule has 0 heterocycles. The van der Waals surface area contributed by atoms with Crippen molar-refractivity contribution in [2.45, 2.75) is 20.5 Å². The van der Waals surface area contributed by atoms with Crippen molar-refractivity contribution in [2.24, 2.45) is 5.10 Å². The predicted molar refractivity (Wildman–Crippen MR) is 117 cm³/mol. The first-order valence-corrected chi connectivity index (χ1v) is 9.54. The molecule has 0 saturated heterocycles. The molecule has 0 aliphatic heterocycles. The van der Waals surface area contributed by atoms with E-state index in [0.717, 1.165) is 11.1 Å². The van der Waals surface area contributed by atoms with E-state index in [2.05, 4.69) is 23.5 Å². The molecule has 3 rings (SSSR count). The van der Waals surface area contributed by atoms with Crippen LogP contribution in [0.1, 0.15) is 23.6 Å². The number of nitro groups is 1. The van der Waals surface area contributed by atoms with E-state index < -0.39 is 4.92 Å². The molecule has 0 radical (unpaired) electrons. The molecule has 0 amide bonds. The second-order valence-corrected chi connectivity index (χ2v) is 6.53. The van der Waals surface area contributed by atoms with Crippen LogP contribution in [0.3, 0.4) is 0 Å². The van der Waals surface area contributed by atoms with Crippen molar-refractivity contribution in [3.63, 3.8) is 0 Å². The molecule has 0 bridgehead atoms. The Morgan fingerprint density at radius 1 is 1.03 bits per heavy atom. The van der Waals surface area contributed by atoms with E-state index in [-0.39, 0.29) is 5.69 Å². The van der Waals surface area contributed by atoms with Gasteiger partial charge in [-0.25, -0.2) is 0 Å². The van der Waals surface area contributed by atoms with E-state index in [0.29, 0.717) is 30.4 Å². The minimum Gasteiger partial charge on any atom is -0.490 e. The van der Waals surface area contributed by atoms with Gasteiger partial charge in [-0.2, -0.15) is 5.10 Å². The van der Waals surface area contributed by atoms with Crippen LogP contribution in [-0.2, 0) is 6.61 Å². The van der Waals surface area contributed by atoms with Gasteiger partial charge in [0.1, 0.15) is 6.61 Å². The monoisotopic (exact) mass is 405 g/mol. The van der Waals surface area contributed by atoms with Crippen molar-refractivity contribution < 1.29 is 14.4 Å². The van der Waals surface area contributed by atoms with Gasteiger partial charge in [0.25, 0.3) is 5.69 Å². The number of hydrogen-bond acceptors (Lipinski definition) is 6. The van der Waals surface area contributed by atoms with Crippen molar-refractivity contribution in [1.29, 1.82) is 0 Å². The lowest BCUT2D eigenvalue weighted by Gasteiger charge is -2.13. The van der Waals surface area contributed by atoms with Crippen LogP contribution in [0.4, 0.5) is 11.4 Å². The highest BCUT2D eigenvalue weighted by atomic mass is 16.6. The Hall–Kier alpha value is -3.87. The molecule has 0 spiro atoms. The standard InChI is InChI=1S/C23H23N3O4/c1-3-29-23-13-18(15-24-25-20-9-6-10-21(14-20)26(27)28)11-12-22(23)30-16-19-8-5-4-7-17(19)2/h4-15,25H,3,16H2,1-2H3. The van der Waals surface area contributed by atoms with E-state index >= 15 is 0 Å². The minimum absolute atomic E-state index is 0.00369. The Morgan fingerprint density at radius 3 is 2.63 bits per heavy atom. The van der Waals surface area contributed by atoms with Gasteiger partial charge in [0.15, 0.2) is 11.5 Å². The highest BCUT2D eigenvalue weighted by molar-refractivity contribution is 5.81. The van der Waals surface area contributed by atoms with Gasteiger partial charge in [0, 0.05) is 12.1 Å². The third-order valence-corrected chi connectivity index (χ3v) is 4.38. The first-order chi connectivity index (χ1) is 14.6. The number of hydrazone groups is 1. The smallest absolute Gasteiger partial charge is 0.271 e. The molecule has 0 fully saturated rings. The summed E-state index contributed by atoms with van der Waals surface area (Å²) in [5.74, 6) is 1.29. The summed E-state index contributed by atoms with van der Waals surface area (Å²) in [6.45, 7) is 4.92. The summed E-state index contributed by atoms with van der Waals surface area (Å²) in [4.78, 5) is 10.4. The maximum Gasteiger partial charge on any atom is 0.271 e. The number of benzene rings is 3. The van der Waals surface area contributed by atoms with E-state index in [4.69, 9.17) is 9.47 Å². The van der Waals surface area contributed by atoms with E-state index in [1.54, 1.807) is 18.3 Å². The molecule has 30 heavy (non-hydrogen) atoms. The maximum absolute atomic E-state index is 10.9. The molecule has 7 heteroatoms. The number of aryl methyl sites for hydroxylation is 1. The number of non-ortho nitro benzene ring substituents is 1. The number of nitro benzene ring substituents is 1. The zero-order valence-electron chi connectivity index (χ0n) is 16.9. The van der Waals surface area contributed by atoms with E-state index in [9.17, 15) is 10.1 Å². The number of rotatable bonds is 9. The highest BCUT2D eigenvalue weighted by Crippen LogP contribution is 2.29. The SMILES string of the molecule is CCOc1cc(C=NNc2cccc([N+](=O)[O-])c2)ccc1OCc1ccccc1C. The van der Waals surface area contributed by atoms with Crippen LogP contribution in [0.5, 0.6) is 11.5 Å². The summed E-state index contributed by atoms with van der Waals surface area (Å²) in [6, 6.07) is 19.8. The van der Waals surface area contributed by atoms with Crippen LogP contribution in [0.25, 0.3) is 0 Å². The van der Waals surface area contributed by atoms with Crippen molar-refractivity contribution >= 4 is 17.6 Å². The molecule has 3 aromatic rings. The molecule has 0 aromatic heterocycles. The zero-order valence-corrected chi connectivity index (χ0v) is 16.9. The predicted octanol–water partition coefficient (Wildman–Crippen LogP) is 5.33. The van der Waals surface area contributed by atoms with Crippen molar-refractivity contribution in [2.75, 3.05) is 12.0 Å². The third-order valence-electron chi connectivity index (χ3n) is 4.38. The largest absolute Gasteiger partial charge is 0.490 e. The van der Waals surface area contributed by atoms with Gasteiger partial charge >= 0.3 is 0 Å². The molecule has 0 saturated carbocycles. The lowest BCUT2D eigenvalue weighted by atomic mass is 10.1. The summed E-state index contributed by atoms with van der Waals surface area (Å²) in [5.41, 5.74) is 6.43. The zero-order chi connectivity index (χ0) is 21.3. The first kappa shape index (κ1) is 20.9. The van der Waals surface area contributed by atoms with Crippen molar-refractivity contribution in [1.82, 2.24) is 0 Å². The van der Waals surface area contributed by atoms with E-state index in [1.807, 2.05) is 43.3 Å². The average Bonchev–Trinajstić information content (AvgIpc) is 2.74. The van der Waals surface area contributed by atoms with Crippen LogP contribution in [-0.4, -0.2) is 17.7 Å². The Morgan fingerprint density at radius 2 is 1.87 bits per heavy atom. The van der Waals surface area contributed by atoms with E-state index in [1.165, 1.54) is 17.7 Å². The lowest BCUT2D eigenvalue weighted by molar-refractivity contribution is -0.384. The molecular formula is C23H23N3O4. The quantitative estimate of drug-likeness (QED) is 0.295. The van der Waals surface area contributed by atoms with Gasteiger partial charge in [0.05, 0.1) is 23.4 Å². The molecule has 0 aliphatic carbocycles. The fourth-order valence-corrected chi connectivity index (χ4v) is 2.79. The number of ether oxygens (including phenoxy) is 2. The second kappa shape index (κ2) is 10.1. The van der Waals surface area contributed by atoms with Crippen LogP contribution >= 0.6 is 0 Å². The van der Waals surface area contributed by atoms with Crippen molar-refractivity contribution in [3.05, 3.63) is 93.5 Å². The fourth-order valence-electron chi connectivity index (χ4n) is 2.79. The van der Waals surface area contributed by atoms with Crippen LogP contribution in [0.15, 0.2) is 71.8 Å². The molecular weight excluding hydrogens is 382 g/mol. The van der Waals surface area contributed by atoms with Crippen molar-refractivity contribution in [3.8, 4) is 11.5 Å². The summed E-state index contributed by atoms with van der Waals surface area (Å²) in [7, 11) is 0. The molecule has 7 nitrogen and oxygen atoms in total. The minimum atomic E-state index is -0.446. The first-order valence-electron chi connectivity index (χ1n) is 9.54. The fraction of sp³-hybridized carbons (Fsp3) is 0.174. The molecule has 154 valence electrons. The molecule has 0 aliphatic rings. The lowest BCUT2D eigenvalue weighted by Crippen LogP contribution is -2.01. The maximum atomic E-state index is 10.9. The summed E-state index contributed by atoms with van der Waals surface area (Å²) >= 11 is 0. The number of anilines is 1. The Bertz CT molecular complexity index is 1050. The van der Waals surface area contributed by atoms with Crippen LogP contribution in [0, 0.1) is 17.0 Å². The number of nitrogens with zero attached hydrogens (tertiary/aromatic N) is 2. The van der Waals surface area contributed by atoms with Gasteiger partial charge in [-0.15, -0.1) is 0 Å². The summed E-state index contributed by atoms with van der Waals surface area (Å²) in [6.07, 6.45) is 1.62. The molecule has 0 atom stereocenters. The summed E-state index contributed by atoms with van der Waals surface area (Å²) < 4.78 is 11.7. The number of hydrogen-bond donors (Lipinski definition) is 1. The molecule has 3 aromatic carbocycles. The average molecular weight is 405 g/mol. The highest BCUT2D eigenvalue weighted by Gasteiger charge is 2.08. The number of nitrogens with one attached hydrogen (secondary N) is 1. The van der Waals surface area contributed by atoms with Gasteiger partial charge < -0.3 is 9.47 Å². The molecule has 0 unspecified atom stereocenters. The Kier molecular flexibility index (Phi) is 7.00. The Balaban J connectivity index is 1.69. The second-order valence-electron chi connectivity index (χ2n) is 6.53. The third kappa shape index (κ3) is 5.57. The summed E-state index contributed by atoms with van der Waals surface area (Å²) in [5, 5.41) is 15.0. The van der Waals surface area contributed by atoms with Gasteiger partial charge in [-0.1, -0.05) is 30.3 Å².